The lowest BCUT2D eigenvalue weighted by molar-refractivity contribution is 0.145. The number of hydrogen-bond donors (Lipinski definition) is 2. The molecule has 0 rings (SSSR count). The molecule has 0 saturated carbocycles. The average Bonchev–Trinajstić information content (AvgIpc) is 1.82. The van der Waals surface area contributed by atoms with E-state index in [0.29, 0.717) is 5.88 Å². The first-order valence-corrected chi connectivity index (χ1v) is 3.65. The number of ether oxygens (including phenoxy) is 1. The summed E-state index contributed by atoms with van der Waals surface area (Å²) in [7, 11) is 0. The molecule has 0 aromatic carbocycles. The van der Waals surface area contributed by atoms with Crippen molar-refractivity contribution in [2.24, 2.45) is 11.5 Å². The van der Waals surface area contributed by atoms with Gasteiger partial charge in [-0.2, -0.15) is 0 Å². The summed E-state index contributed by atoms with van der Waals surface area (Å²) in [5.41, 5.74) is 10.5. The lowest BCUT2D eigenvalue weighted by Crippen LogP contribution is -2.08. The molecule has 0 atom stereocenters. The van der Waals surface area contributed by atoms with Gasteiger partial charge in [-0.15, -0.1) is 0 Å². The van der Waals surface area contributed by atoms with Gasteiger partial charge in [0.1, 0.15) is 0 Å². The lowest BCUT2D eigenvalue weighted by atomic mass is 10.5. The summed E-state index contributed by atoms with van der Waals surface area (Å²) in [5, 5.41) is 0.181. The molecule has 4 N–H and O–H groups in total. The van der Waals surface area contributed by atoms with Gasteiger partial charge in [-0.25, -0.2) is 0 Å². The van der Waals surface area contributed by atoms with Crippen molar-refractivity contribution in [2.45, 2.75) is 20.0 Å². The molecule has 0 saturated heterocycles. The van der Waals surface area contributed by atoms with Crippen LogP contribution in [0.2, 0.25) is 0 Å². The Morgan fingerprint density at radius 3 is 2.27 bits per heavy atom. The fourth-order valence-electron chi connectivity index (χ4n) is 0.473. The molecule has 0 spiro atoms. The molecule has 0 radical (unpaired) electrons. The summed E-state index contributed by atoms with van der Waals surface area (Å²) >= 11 is 5.34. The van der Waals surface area contributed by atoms with E-state index in [9.17, 15) is 0 Å². The van der Waals surface area contributed by atoms with Gasteiger partial charge in [0.15, 0.2) is 5.88 Å². The third kappa shape index (κ3) is 7.06. The highest BCUT2D eigenvalue weighted by Gasteiger charge is 1.92. The van der Waals surface area contributed by atoms with Gasteiger partial charge in [0, 0.05) is 6.08 Å². The molecule has 4 heteroatoms. The van der Waals surface area contributed by atoms with E-state index in [1.54, 1.807) is 0 Å². The van der Waals surface area contributed by atoms with Gasteiger partial charge in [-0.1, -0.05) is 11.6 Å². The van der Waals surface area contributed by atoms with Crippen molar-refractivity contribution in [1.29, 1.82) is 0 Å². The summed E-state index contributed by atoms with van der Waals surface area (Å²) in [6.45, 7) is 3.77. The molecule has 0 aromatic rings. The first-order valence-electron chi connectivity index (χ1n) is 3.27. The fraction of sp³-hybridized carbons (Fsp3) is 0.429. The van der Waals surface area contributed by atoms with E-state index in [1.807, 2.05) is 13.8 Å². The van der Waals surface area contributed by atoms with Crippen molar-refractivity contribution < 1.29 is 4.74 Å². The summed E-state index contributed by atoms with van der Waals surface area (Å²) in [5.74, 6) is 0.309. The van der Waals surface area contributed by atoms with Crippen molar-refractivity contribution in [2.75, 3.05) is 0 Å². The zero-order chi connectivity index (χ0) is 8.85. The Kier molecular flexibility index (Phi) is 4.54. The van der Waals surface area contributed by atoms with Gasteiger partial charge in [0.25, 0.3) is 0 Å². The Balaban J connectivity index is 3.91. The van der Waals surface area contributed by atoms with E-state index in [-0.39, 0.29) is 11.3 Å². The van der Waals surface area contributed by atoms with Gasteiger partial charge in [0.2, 0.25) is 0 Å². The smallest absolute Gasteiger partial charge is 0.184 e. The van der Waals surface area contributed by atoms with Crippen LogP contribution in [0.25, 0.3) is 0 Å². The van der Waals surface area contributed by atoms with Crippen LogP contribution in [-0.2, 0) is 4.74 Å². The zero-order valence-corrected chi connectivity index (χ0v) is 7.43. The van der Waals surface area contributed by atoms with Gasteiger partial charge in [-0.3, -0.25) is 0 Å². The Morgan fingerprint density at radius 1 is 1.36 bits per heavy atom. The highest BCUT2D eigenvalue weighted by atomic mass is 35.5. The molecule has 0 heterocycles. The molecule has 0 aliphatic carbocycles. The highest BCUT2D eigenvalue weighted by molar-refractivity contribution is 6.29. The predicted molar refractivity (Wildman–Crippen MR) is 46.6 cm³/mol. The van der Waals surface area contributed by atoms with Crippen LogP contribution in [0, 0.1) is 0 Å². The van der Waals surface area contributed by atoms with Crippen molar-refractivity contribution in [3.63, 3.8) is 0 Å². The van der Waals surface area contributed by atoms with Crippen LogP contribution in [0.5, 0.6) is 0 Å². The molecule has 0 bridgehead atoms. The highest BCUT2D eigenvalue weighted by Crippen LogP contribution is 1.97. The second kappa shape index (κ2) is 4.91. The molecule has 0 amide bonds. The molecular formula is C7H13ClN2O. The van der Waals surface area contributed by atoms with Gasteiger partial charge in [0.05, 0.1) is 11.3 Å². The Hall–Kier alpha value is -0.830. The summed E-state index contributed by atoms with van der Waals surface area (Å²) in [4.78, 5) is 0. The second-order valence-electron chi connectivity index (χ2n) is 2.29. The first-order chi connectivity index (χ1) is 5.02. The van der Waals surface area contributed by atoms with Crippen LogP contribution in [0.15, 0.2) is 23.2 Å². The summed E-state index contributed by atoms with van der Waals surface area (Å²) in [6.07, 6.45) is 3.05. The standard InChI is InChI=1S/C7H13ClN2O/c1-5(2)11-7(10)4-3-6(8)9/h3-5H,9-10H2,1-2H3/b6-3-,7-4+. The molecule has 0 aromatic heterocycles. The maximum absolute atomic E-state index is 5.40. The van der Waals surface area contributed by atoms with Crippen LogP contribution in [0.3, 0.4) is 0 Å². The van der Waals surface area contributed by atoms with E-state index in [1.165, 1.54) is 12.2 Å². The van der Waals surface area contributed by atoms with Crippen LogP contribution in [0.4, 0.5) is 0 Å². The van der Waals surface area contributed by atoms with E-state index < -0.39 is 0 Å². The Morgan fingerprint density at radius 2 is 1.91 bits per heavy atom. The first kappa shape index (κ1) is 10.2. The lowest BCUT2D eigenvalue weighted by Gasteiger charge is -2.07. The molecule has 0 fully saturated rings. The average molecular weight is 177 g/mol. The van der Waals surface area contributed by atoms with Gasteiger partial charge >= 0.3 is 0 Å². The van der Waals surface area contributed by atoms with E-state index >= 15 is 0 Å². The summed E-state index contributed by atoms with van der Waals surface area (Å²) < 4.78 is 5.08. The molecule has 0 aliphatic rings. The predicted octanol–water partition coefficient (Wildman–Crippen LogP) is 1.25. The minimum absolute atomic E-state index is 0.0659. The van der Waals surface area contributed by atoms with Gasteiger partial charge in [-0.05, 0) is 19.9 Å². The molecule has 3 nitrogen and oxygen atoms in total. The third-order valence-electron chi connectivity index (χ3n) is 0.779. The number of allylic oxidation sites excluding steroid dienone is 2. The third-order valence-corrected chi connectivity index (χ3v) is 0.905. The van der Waals surface area contributed by atoms with Crippen LogP contribution < -0.4 is 11.5 Å². The minimum atomic E-state index is 0.0659. The molecule has 64 valence electrons. The van der Waals surface area contributed by atoms with Crippen molar-refractivity contribution in [3.8, 4) is 0 Å². The molecule has 11 heavy (non-hydrogen) atoms. The van der Waals surface area contributed by atoms with Crippen molar-refractivity contribution in [1.82, 2.24) is 0 Å². The quantitative estimate of drug-likeness (QED) is 0.387. The van der Waals surface area contributed by atoms with E-state index in [2.05, 4.69) is 0 Å². The van der Waals surface area contributed by atoms with E-state index in [4.69, 9.17) is 27.8 Å². The number of rotatable bonds is 3. The minimum Gasteiger partial charge on any atom is -0.477 e. The normalized spacial score (nSPS) is 13.8. The molecule has 0 aliphatic heterocycles. The van der Waals surface area contributed by atoms with Gasteiger partial charge < -0.3 is 16.2 Å². The van der Waals surface area contributed by atoms with Crippen molar-refractivity contribution in [3.05, 3.63) is 23.2 Å². The second-order valence-corrected chi connectivity index (χ2v) is 2.72. The molecular weight excluding hydrogens is 164 g/mol. The maximum Gasteiger partial charge on any atom is 0.184 e. The largest absolute Gasteiger partial charge is 0.477 e. The Bertz CT molecular complexity index is 171. The van der Waals surface area contributed by atoms with Crippen LogP contribution in [0.1, 0.15) is 13.8 Å². The topological polar surface area (TPSA) is 61.3 Å². The summed E-state index contributed by atoms with van der Waals surface area (Å²) in [6, 6.07) is 0. The monoisotopic (exact) mass is 176 g/mol. The van der Waals surface area contributed by atoms with Crippen LogP contribution >= 0.6 is 11.6 Å². The maximum atomic E-state index is 5.40. The van der Waals surface area contributed by atoms with E-state index in [0.717, 1.165) is 0 Å². The fourth-order valence-corrected chi connectivity index (χ4v) is 0.536. The SMILES string of the molecule is CC(C)O/C(N)=C/C=C(\N)Cl. The number of halogens is 1. The number of hydrogen-bond acceptors (Lipinski definition) is 3. The van der Waals surface area contributed by atoms with Crippen molar-refractivity contribution >= 4 is 11.6 Å². The molecule has 0 unspecified atom stereocenters. The zero-order valence-electron chi connectivity index (χ0n) is 6.67. The van der Waals surface area contributed by atoms with Crippen LogP contribution in [-0.4, -0.2) is 6.10 Å². The Labute approximate surface area is 71.6 Å². The number of nitrogens with two attached hydrogens (primary N) is 2.